The van der Waals surface area contributed by atoms with E-state index < -0.39 is 48.1 Å². The Labute approximate surface area is 221 Å². The van der Waals surface area contributed by atoms with Gasteiger partial charge in [0.05, 0.1) is 24.3 Å². The molecule has 2 amide bonds. The van der Waals surface area contributed by atoms with Gasteiger partial charge in [-0.3, -0.25) is 9.59 Å². The van der Waals surface area contributed by atoms with Gasteiger partial charge < -0.3 is 25.5 Å². The number of anilines is 1. The summed E-state index contributed by atoms with van der Waals surface area (Å²) in [5, 5.41) is 15.4. The number of nitrogens with zero attached hydrogens (tertiary/aromatic N) is 3. The second-order valence-corrected chi connectivity index (χ2v) is 9.64. The first-order valence-corrected chi connectivity index (χ1v) is 12.8. The minimum Gasteiger partial charge on any atom is -0.391 e. The topological polar surface area (TPSA) is 97.8 Å². The van der Waals surface area contributed by atoms with E-state index >= 15 is 0 Å². The second-order valence-electron chi connectivity index (χ2n) is 9.64. The molecule has 4 rings (SSSR count). The van der Waals surface area contributed by atoms with E-state index in [1.165, 1.54) is 35.2 Å². The fourth-order valence-corrected chi connectivity index (χ4v) is 4.73. The maximum Gasteiger partial charge on any atom is 0.285 e. The molecule has 0 spiro atoms. The molecule has 8 nitrogen and oxygen atoms in total. The van der Waals surface area contributed by atoms with Gasteiger partial charge in [0.25, 0.3) is 11.8 Å². The number of carbonyl (C=O) groups excluding carboxylic acids is 2. The number of nitrogens with one attached hydrogen (secondary N) is 2. The lowest BCUT2D eigenvalue weighted by molar-refractivity contribution is -0.140. The van der Waals surface area contributed by atoms with Crippen LogP contribution in [0.25, 0.3) is 0 Å². The molecular formula is C27H36F3N5O3. The molecule has 0 radical (unpaired) electrons. The highest BCUT2D eigenvalue weighted by Crippen LogP contribution is 2.31. The van der Waals surface area contributed by atoms with Gasteiger partial charge in [0.15, 0.2) is 11.6 Å². The largest absolute Gasteiger partial charge is 0.391 e. The molecule has 11 heteroatoms. The molecule has 1 aromatic rings. The molecular weight excluding hydrogens is 499 g/mol. The first-order chi connectivity index (χ1) is 18.1. The lowest BCUT2D eigenvalue weighted by Gasteiger charge is -2.38. The third kappa shape index (κ3) is 7.22. The average Bonchev–Trinajstić information content (AvgIpc) is 2.90. The zero-order valence-corrected chi connectivity index (χ0v) is 21.7. The maximum atomic E-state index is 14.8. The van der Waals surface area contributed by atoms with Crippen LogP contribution in [-0.4, -0.2) is 89.0 Å². The summed E-state index contributed by atoms with van der Waals surface area (Å²) in [4.78, 5) is 30.1. The summed E-state index contributed by atoms with van der Waals surface area (Å²) >= 11 is 0. The molecule has 2 unspecified atom stereocenters. The highest BCUT2D eigenvalue weighted by Gasteiger charge is 2.46. The summed E-state index contributed by atoms with van der Waals surface area (Å²) in [6.45, 7) is 10.6. The Kier molecular flexibility index (Phi) is 10.1. The number of hydrogen-bond donors (Lipinski definition) is 3. The van der Waals surface area contributed by atoms with Gasteiger partial charge >= 0.3 is 0 Å². The number of amides is 2. The molecule has 38 heavy (non-hydrogen) atoms. The molecule has 2 atom stereocenters. The van der Waals surface area contributed by atoms with Gasteiger partial charge in [-0.05, 0) is 49.4 Å². The fraction of sp³-hybridized carbons (Fsp3) is 0.519. The summed E-state index contributed by atoms with van der Waals surface area (Å²) in [5.41, 5.74) is 2.35. The number of allylic oxidation sites excluding steroid dienone is 1. The molecule has 4 heterocycles. The van der Waals surface area contributed by atoms with Crippen LogP contribution in [0, 0.1) is 5.82 Å². The number of likely N-dealkylation sites (tertiary alicyclic amines) is 2. The number of alkyl halides is 2. The monoisotopic (exact) mass is 535 g/mol. The predicted octanol–water partition coefficient (Wildman–Crippen LogP) is 3.13. The third-order valence-electron chi connectivity index (χ3n) is 6.95. The molecule has 3 N–H and O–H groups in total. The van der Waals surface area contributed by atoms with Crippen LogP contribution >= 0.6 is 0 Å². The van der Waals surface area contributed by atoms with Crippen molar-refractivity contribution < 1.29 is 27.9 Å². The first-order valence-electron chi connectivity index (χ1n) is 12.8. The van der Waals surface area contributed by atoms with Crippen molar-refractivity contribution >= 4 is 17.6 Å². The summed E-state index contributed by atoms with van der Waals surface area (Å²) in [6.07, 6.45) is 6.54. The van der Waals surface area contributed by atoms with E-state index in [1.54, 1.807) is 0 Å². The Morgan fingerprint density at radius 1 is 1.21 bits per heavy atom. The average molecular weight is 536 g/mol. The molecule has 0 aromatic carbocycles. The van der Waals surface area contributed by atoms with E-state index in [4.69, 9.17) is 0 Å². The minimum atomic E-state index is -3.27. The Bertz CT molecular complexity index is 1060. The minimum absolute atomic E-state index is 0.0792. The number of aliphatic hydroxyl groups is 1. The van der Waals surface area contributed by atoms with Crippen molar-refractivity contribution in [2.75, 3.05) is 44.6 Å². The van der Waals surface area contributed by atoms with E-state index in [0.29, 0.717) is 19.4 Å². The summed E-state index contributed by atoms with van der Waals surface area (Å²) < 4.78 is 43.6. The van der Waals surface area contributed by atoms with Crippen molar-refractivity contribution in [1.29, 1.82) is 0 Å². The Hall–Kier alpha value is -3.18. The molecule has 3 aliphatic heterocycles. The van der Waals surface area contributed by atoms with Gasteiger partial charge in [-0.1, -0.05) is 25.3 Å². The number of pyridine rings is 1. The number of carbonyl (C=O) groups is 2. The number of hydrogen-bond acceptors (Lipinski definition) is 6. The number of rotatable bonds is 5. The van der Waals surface area contributed by atoms with Gasteiger partial charge in [-0.15, -0.1) is 0 Å². The summed E-state index contributed by atoms with van der Waals surface area (Å²) in [6, 6.07) is -0.215. The quantitative estimate of drug-likeness (QED) is 0.536. The van der Waals surface area contributed by atoms with Gasteiger partial charge in [0, 0.05) is 39.3 Å². The molecule has 208 valence electrons. The highest BCUT2D eigenvalue weighted by atomic mass is 19.3. The van der Waals surface area contributed by atoms with E-state index in [9.17, 15) is 27.9 Å². The Morgan fingerprint density at radius 3 is 2.55 bits per heavy atom. The van der Waals surface area contributed by atoms with Crippen LogP contribution in [0.5, 0.6) is 0 Å². The van der Waals surface area contributed by atoms with Crippen molar-refractivity contribution in [1.82, 2.24) is 20.1 Å². The highest BCUT2D eigenvalue weighted by molar-refractivity contribution is 5.95. The van der Waals surface area contributed by atoms with Crippen molar-refractivity contribution in [2.45, 2.75) is 50.7 Å². The van der Waals surface area contributed by atoms with Crippen molar-refractivity contribution in [3.63, 3.8) is 0 Å². The fourth-order valence-electron chi connectivity index (χ4n) is 4.73. The molecule has 0 saturated carbocycles. The van der Waals surface area contributed by atoms with Gasteiger partial charge in [-0.2, -0.15) is 0 Å². The Balaban J connectivity index is 0.000000336. The number of aliphatic hydroxyl groups excluding tert-OH is 1. The second kappa shape index (κ2) is 13.1. The predicted molar refractivity (Wildman–Crippen MR) is 139 cm³/mol. The molecule has 0 aliphatic carbocycles. The molecule has 1 aromatic heterocycles. The third-order valence-corrected chi connectivity index (χ3v) is 6.95. The molecule has 3 aliphatic rings. The van der Waals surface area contributed by atoms with Crippen LogP contribution in [0.4, 0.5) is 19.0 Å². The van der Waals surface area contributed by atoms with Crippen molar-refractivity contribution in [2.24, 2.45) is 0 Å². The molecule has 2 saturated heterocycles. The number of halogens is 3. The van der Waals surface area contributed by atoms with E-state index in [0.717, 1.165) is 24.4 Å². The lowest BCUT2D eigenvalue weighted by atomic mass is 10.0. The Morgan fingerprint density at radius 2 is 1.95 bits per heavy atom. The van der Waals surface area contributed by atoms with Crippen LogP contribution in [-0.2, 0) is 4.79 Å². The zero-order chi connectivity index (χ0) is 27.9. The van der Waals surface area contributed by atoms with Gasteiger partial charge in [-0.25, -0.2) is 18.2 Å². The standard InChI is InChI=1S/C18H23F3N4O3.C9H13N/c1-11(26)25-8-5-14(18(20,21)10-25)23-16-15(19)13(4-6-22-16)17(28)24-7-2-3-12(27)9-24;1-3-8-5-6-10-7-9(8)4-2/h4,6,12,14,27H,2-3,5,7-10H2,1H3,(H,22,23);3-4,10H,1-2,5-7H2. The normalized spacial score (nSPS) is 23.2. The zero-order valence-electron chi connectivity index (χ0n) is 21.7. The lowest BCUT2D eigenvalue weighted by Crippen LogP contribution is -2.55. The van der Waals surface area contributed by atoms with E-state index in [2.05, 4.69) is 28.8 Å². The first kappa shape index (κ1) is 29.4. The van der Waals surface area contributed by atoms with Crippen molar-refractivity contribution in [3.05, 3.63) is 60.1 Å². The van der Waals surface area contributed by atoms with Gasteiger partial charge in [0.2, 0.25) is 5.91 Å². The van der Waals surface area contributed by atoms with E-state index in [1.807, 2.05) is 12.2 Å². The van der Waals surface area contributed by atoms with Crippen LogP contribution in [0.15, 0.2) is 48.7 Å². The number of aromatic nitrogens is 1. The van der Waals surface area contributed by atoms with Crippen molar-refractivity contribution in [3.8, 4) is 0 Å². The smallest absolute Gasteiger partial charge is 0.285 e. The number of piperidine rings is 2. The van der Waals surface area contributed by atoms with Crippen LogP contribution < -0.4 is 10.6 Å². The van der Waals surface area contributed by atoms with Crippen LogP contribution in [0.1, 0.15) is 43.0 Å². The number of β-amino-alcohol motifs (C(OH)–C–C–N with tert-alkyl or cyclic N) is 1. The SMILES string of the molecule is C=CC1=C(C=C)CNCC1.CC(=O)N1CCC(Nc2nccc(C(=O)N3CCCC(O)C3)c2F)C(F)(F)C1. The summed E-state index contributed by atoms with van der Waals surface area (Å²) in [7, 11) is 0. The maximum absolute atomic E-state index is 14.8. The molecule has 2 fully saturated rings. The van der Waals surface area contributed by atoms with E-state index in [-0.39, 0.29) is 25.1 Å². The van der Waals surface area contributed by atoms with Gasteiger partial charge in [0.1, 0.15) is 0 Å². The molecule has 0 bridgehead atoms. The van der Waals surface area contributed by atoms with Crippen LogP contribution in [0.3, 0.4) is 0 Å². The van der Waals surface area contributed by atoms with Crippen LogP contribution in [0.2, 0.25) is 0 Å². The summed E-state index contributed by atoms with van der Waals surface area (Å²) in [5.74, 6) is -5.75.